The van der Waals surface area contributed by atoms with Gasteiger partial charge < -0.3 is 9.64 Å². The van der Waals surface area contributed by atoms with Gasteiger partial charge in [-0.1, -0.05) is 6.92 Å². The molecule has 0 saturated carbocycles. The Morgan fingerprint density at radius 3 is 2.42 bits per heavy atom. The summed E-state index contributed by atoms with van der Waals surface area (Å²) < 4.78 is 5.77. The van der Waals surface area contributed by atoms with Gasteiger partial charge in [0.15, 0.2) is 0 Å². The number of carbonyl (C=O) groups excluding carboxylic acids is 2. The second-order valence-electron chi connectivity index (χ2n) is 6.17. The van der Waals surface area contributed by atoms with Crippen LogP contribution in [-0.2, 0) is 14.3 Å². The minimum absolute atomic E-state index is 0.0175. The standard InChI is InChI=1S/C15H25NO3/c1-9(17)8-13-6-5-7-16(13)15(18)14-10(2)11(3)19-12(14)4/h10-14H,5-8H2,1-4H3. The molecule has 0 aliphatic carbocycles. The molecule has 19 heavy (non-hydrogen) atoms. The first-order valence-electron chi connectivity index (χ1n) is 7.37. The van der Waals surface area contributed by atoms with E-state index >= 15 is 0 Å². The SMILES string of the molecule is CC(=O)CC1CCCN1C(=O)C1C(C)OC(C)C1C. The molecule has 0 aromatic rings. The van der Waals surface area contributed by atoms with E-state index in [1.165, 1.54) is 0 Å². The van der Waals surface area contributed by atoms with E-state index in [1.54, 1.807) is 6.92 Å². The van der Waals surface area contributed by atoms with Crippen LogP contribution in [0, 0.1) is 11.8 Å². The van der Waals surface area contributed by atoms with Gasteiger partial charge in [-0.15, -0.1) is 0 Å². The number of carbonyl (C=O) groups is 2. The minimum Gasteiger partial charge on any atom is -0.374 e. The normalized spacial score (nSPS) is 38.7. The molecule has 0 spiro atoms. The number of Topliss-reactive ketones (excluding diaryl/α,β-unsaturated/α-hetero) is 1. The molecule has 5 atom stereocenters. The van der Waals surface area contributed by atoms with Crippen LogP contribution >= 0.6 is 0 Å². The first kappa shape index (κ1) is 14.5. The maximum absolute atomic E-state index is 12.7. The Morgan fingerprint density at radius 1 is 1.21 bits per heavy atom. The van der Waals surface area contributed by atoms with Crippen molar-refractivity contribution >= 4 is 11.7 Å². The molecule has 0 bridgehead atoms. The van der Waals surface area contributed by atoms with Gasteiger partial charge in [0.25, 0.3) is 0 Å². The number of hydrogen-bond donors (Lipinski definition) is 0. The topological polar surface area (TPSA) is 46.6 Å². The average Bonchev–Trinajstić information content (AvgIpc) is 2.84. The summed E-state index contributed by atoms with van der Waals surface area (Å²) in [5.74, 6) is 0.554. The smallest absolute Gasteiger partial charge is 0.228 e. The van der Waals surface area contributed by atoms with Crippen molar-refractivity contribution in [3.63, 3.8) is 0 Å². The average molecular weight is 267 g/mol. The first-order valence-corrected chi connectivity index (χ1v) is 7.37. The second-order valence-corrected chi connectivity index (χ2v) is 6.17. The van der Waals surface area contributed by atoms with Gasteiger partial charge in [0.05, 0.1) is 18.1 Å². The zero-order valence-corrected chi connectivity index (χ0v) is 12.4. The largest absolute Gasteiger partial charge is 0.374 e. The summed E-state index contributed by atoms with van der Waals surface area (Å²) in [4.78, 5) is 26.0. The van der Waals surface area contributed by atoms with Crippen molar-refractivity contribution in [1.82, 2.24) is 4.90 Å². The third kappa shape index (κ3) is 2.83. The van der Waals surface area contributed by atoms with E-state index in [0.717, 1.165) is 19.4 Å². The molecule has 2 rings (SSSR count). The lowest BCUT2D eigenvalue weighted by Gasteiger charge is -2.29. The first-order chi connectivity index (χ1) is 8.91. The number of rotatable bonds is 3. The van der Waals surface area contributed by atoms with Crippen LogP contribution in [0.4, 0.5) is 0 Å². The molecule has 2 saturated heterocycles. The molecule has 4 heteroatoms. The zero-order chi connectivity index (χ0) is 14.2. The summed E-state index contributed by atoms with van der Waals surface area (Å²) >= 11 is 0. The van der Waals surface area contributed by atoms with Gasteiger partial charge >= 0.3 is 0 Å². The van der Waals surface area contributed by atoms with Gasteiger partial charge in [-0.05, 0) is 39.5 Å². The quantitative estimate of drug-likeness (QED) is 0.786. The van der Waals surface area contributed by atoms with Crippen molar-refractivity contribution in [1.29, 1.82) is 0 Å². The highest BCUT2D eigenvalue weighted by Crippen LogP contribution is 2.35. The minimum atomic E-state index is -0.0532. The van der Waals surface area contributed by atoms with Gasteiger partial charge in [-0.2, -0.15) is 0 Å². The zero-order valence-electron chi connectivity index (χ0n) is 12.4. The Hall–Kier alpha value is -0.900. The van der Waals surface area contributed by atoms with Crippen LogP contribution in [0.15, 0.2) is 0 Å². The molecular formula is C15H25NO3. The Labute approximate surface area is 115 Å². The number of ketones is 1. The predicted molar refractivity (Wildman–Crippen MR) is 72.7 cm³/mol. The predicted octanol–water partition coefficient (Wildman–Crippen LogP) is 2.02. The van der Waals surface area contributed by atoms with Crippen LogP contribution in [0.1, 0.15) is 47.0 Å². The lowest BCUT2D eigenvalue weighted by atomic mass is 9.88. The monoisotopic (exact) mass is 267 g/mol. The molecule has 1 amide bonds. The molecule has 4 nitrogen and oxygen atoms in total. The van der Waals surface area contributed by atoms with Gasteiger partial charge in [-0.25, -0.2) is 0 Å². The number of nitrogens with zero attached hydrogens (tertiary/aromatic N) is 1. The molecule has 2 aliphatic heterocycles. The third-order valence-corrected chi connectivity index (χ3v) is 4.71. The number of likely N-dealkylation sites (tertiary alicyclic amines) is 1. The van der Waals surface area contributed by atoms with E-state index in [0.29, 0.717) is 6.42 Å². The second kappa shape index (κ2) is 5.61. The highest BCUT2D eigenvalue weighted by molar-refractivity contribution is 5.82. The van der Waals surface area contributed by atoms with Crippen molar-refractivity contribution in [3.8, 4) is 0 Å². The molecule has 0 aromatic carbocycles. The fraction of sp³-hybridized carbons (Fsp3) is 0.867. The van der Waals surface area contributed by atoms with E-state index in [9.17, 15) is 9.59 Å². The molecule has 2 aliphatic rings. The van der Waals surface area contributed by atoms with E-state index in [-0.39, 0.29) is 41.8 Å². The van der Waals surface area contributed by atoms with E-state index in [1.807, 2.05) is 18.7 Å². The van der Waals surface area contributed by atoms with Crippen molar-refractivity contribution in [2.75, 3.05) is 6.54 Å². The molecule has 5 unspecified atom stereocenters. The Balaban J connectivity index is 2.08. The highest BCUT2D eigenvalue weighted by atomic mass is 16.5. The van der Waals surface area contributed by atoms with Gasteiger partial charge in [0.2, 0.25) is 5.91 Å². The van der Waals surface area contributed by atoms with Crippen LogP contribution in [-0.4, -0.2) is 41.4 Å². The fourth-order valence-corrected chi connectivity index (χ4v) is 3.55. The van der Waals surface area contributed by atoms with Crippen LogP contribution in [0.2, 0.25) is 0 Å². The molecule has 0 radical (unpaired) electrons. The Bertz CT molecular complexity index is 368. The van der Waals surface area contributed by atoms with Crippen LogP contribution in [0.3, 0.4) is 0 Å². The summed E-state index contributed by atoms with van der Waals surface area (Å²) in [5.41, 5.74) is 0. The lowest BCUT2D eigenvalue weighted by molar-refractivity contribution is -0.139. The fourth-order valence-electron chi connectivity index (χ4n) is 3.55. The van der Waals surface area contributed by atoms with Gasteiger partial charge in [-0.3, -0.25) is 9.59 Å². The molecule has 2 heterocycles. The molecule has 2 fully saturated rings. The van der Waals surface area contributed by atoms with E-state index in [4.69, 9.17) is 4.74 Å². The van der Waals surface area contributed by atoms with Gasteiger partial charge in [0, 0.05) is 19.0 Å². The highest BCUT2D eigenvalue weighted by Gasteiger charge is 2.45. The summed E-state index contributed by atoms with van der Waals surface area (Å²) in [5, 5.41) is 0. The third-order valence-electron chi connectivity index (χ3n) is 4.71. The van der Waals surface area contributed by atoms with Crippen molar-refractivity contribution in [2.24, 2.45) is 11.8 Å². The summed E-state index contributed by atoms with van der Waals surface area (Å²) in [6, 6.07) is 0.111. The van der Waals surface area contributed by atoms with E-state index in [2.05, 4.69) is 6.92 Å². The number of amides is 1. The van der Waals surface area contributed by atoms with Crippen LogP contribution in [0.25, 0.3) is 0 Å². The molecular weight excluding hydrogens is 242 g/mol. The molecule has 0 N–H and O–H groups in total. The van der Waals surface area contributed by atoms with E-state index < -0.39 is 0 Å². The van der Waals surface area contributed by atoms with Crippen molar-refractivity contribution in [2.45, 2.75) is 65.2 Å². The van der Waals surface area contributed by atoms with Crippen LogP contribution in [0.5, 0.6) is 0 Å². The Kier molecular flexibility index (Phi) is 4.29. The summed E-state index contributed by atoms with van der Waals surface area (Å²) in [6.07, 6.45) is 2.58. The summed E-state index contributed by atoms with van der Waals surface area (Å²) in [7, 11) is 0. The van der Waals surface area contributed by atoms with Gasteiger partial charge in [0.1, 0.15) is 5.78 Å². The van der Waals surface area contributed by atoms with Crippen molar-refractivity contribution < 1.29 is 14.3 Å². The maximum Gasteiger partial charge on any atom is 0.228 e. The summed E-state index contributed by atoms with van der Waals surface area (Å²) in [6.45, 7) is 8.50. The molecule has 108 valence electrons. The van der Waals surface area contributed by atoms with Crippen LogP contribution < -0.4 is 0 Å². The molecule has 0 aromatic heterocycles. The Morgan fingerprint density at radius 2 is 1.89 bits per heavy atom. The number of ether oxygens (including phenoxy) is 1. The number of hydrogen-bond acceptors (Lipinski definition) is 3. The van der Waals surface area contributed by atoms with Crippen molar-refractivity contribution in [3.05, 3.63) is 0 Å². The maximum atomic E-state index is 12.7. The lowest BCUT2D eigenvalue weighted by Crippen LogP contribution is -2.44.